The normalized spacial score (nSPS) is 12.5. The molecule has 0 fully saturated rings. The fourth-order valence-electron chi connectivity index (χ4n) is 1.00. The SMILES string of the molecule is C=CC(NN)c1cccc(Cl)c1. The smallest absolute Gasteiger partial charge is 0.0638 e. The topological polar surface area (TPSA) is 38.0 Å². The molecule has 64 valence electrons. The molecule has 1 atom stereocenters. The third-order valence-corrected chi connectivity index (χ3v) is 1.86. The van der Waals surface area contributed by atoms with Crippen molar-refractivity contribution in [1.29, 1.82) is 0 Å². The summed E-state index contributed by atoms with van der Waals surface area (Å²) in [6, 6.07) is 7.46. The van der Waals surface area contributed by atoms with Gasteiger partial charge in [0.15, 0.2) is 0 Å². The van der Waals surface area contributed by atoms with Gasteiger partial charge in [0.25, 0.3) is 0 Å². The van der Waals surface area contributed by atoms with Crippen LogP contribution in [0.5, 0.6) is 0 Å². The number of halogens is 1. The van der Waals surface area contributed by atoms with Gasteiger partial charge >= 0.3 is 0 Å². The van der Waals surface area contributed by atoms with Crippen LogP contribution in [0.1, 0.15) is 11.6 Å². The summed E-state index contributed by atoms with van der Waals surface area (Å²) >= 11 is 5.80. The van der Waals surface area contributed by atoms with Gasteiger partial charge in [0, 0.05) is 5.02 Å². The highest BCUT2D eigenvalue weighted by Gasteiger charge is 2.03. The molecule has 0 aliphatic rings. The fraction of sp³-hybridized carbons (Fsp3) is 0.111. The third kappa shape index (κ3) is 2.08. The van der Waals surface area contributed by atoms with Gasteiger partial charge in [0.1, 0.15) is 0 Å². The summed E-state index contributed by atoms with van der Waals surface area (Å²) in [6.45, 7) is 3.65. The average molecular weight is 183 g/mol. The maximum atomic E-state index is 5.80. The molecule has 0 bridgehead atoms. The summed E-state index contributed by atoms with van der Waals surface area (Å²) in [5.41, 5.74) is 3.63. The molecule has 1 aromatic carbocycles. The number of nitrogens with two attached hydrogens (primary N) is 1. The van der Waals surface area contributed by atoms with E-state index in [1.807, 2.05) is 24.3 Å². The van der Waals surface area contributed by atoms with Crippen LogP contribution < -0.4 is 11.3 Å². The summed E-state index contributed by atoms with van der Waals surface area (Å²) in [6.07, 6.45) is 1.73. The van der Waals surface area contributed by atoms with Gasteiger partial charge in [0.2, 0.25) is 0 Å². The number of hydrazine groups is 1. The minimum atomic E-state index is -0.0382. The lowest BCUT2D eigenvalue weighted by atomic mass is 10.1. The summed E-state index contributed by atoms with van der Waals surface area (Å²) in [5.74, 6) is 5.30. The van der Waals surface area contributed by atoms with Crippen molar-refractivity contribution in [2.24, 2.45) is 5.84 Å². The van der Waals surface area contributed by atoms with E-state index >= 15 is 0 Å². The maximum Gasteiger partial charge on any atom is 0.0638 e. The van der Waals surface area contributed by atoms with Gasteiger partial charge in [-0.2, -0.15) is 0 Å². The Bertz CT molecular complexity index is 273. The molecule has 0 aromatic heterocycles. The second-order valence-corrected chi connectivity index (χ2v) is 2.87. The molecule has 0 aliphatic heterocycles. The second kappa shape index (κ2) is 4.26. The van der Waals surface area contributed by atoms with Crippen molar-refractivity contribution in [3.63, 3.8) is 0 Å². The van der Waals surface area contributed by atoms with E-state index in [2.05, 4.69) is 12.0 Å². The number of rotatable bonds is 3. The van der Waals surface area contributed by atoms with Crippen LogP contribution in [0, 0.1) is 0 Å². The molecule has 1 aromatic rings. The van der Waals surface area contributed by atoms with E-state index in [9.17, 15) is 0 Å². The molecular weight excluding hydrogens is 172 g/mol. The molecule has 0 radical (unpaired) electrons. The summed E-state index contributed by atoms with van der Waals surface area (Å²) < 4.78 is 0. The predicted octanol–water partition coefficient (Wildman–Crippen LogP) is 2.03. The largest absolute Gasteiger partial charge is 0.271 e. The Hall–Kier alpha value is -0.830. The van der Waals surface area contributed by atoms with E-state index in [4.69, 9.17) is 17.4 Å². The summed E-state index contributed by atoms with van der Waals surface area (Å²) in [4.78, 5) is 0. The van der Waals surface area contributed by atoms with Crippen molar-refractivity contribution in [3.8, 4) is 0 Å². The van der Waals surface area contributed by atoms with Crippen LogP contribution in [0.3, 0.4) is 0 Å². The highest BCUT2D eigenvalue weighted by atomic mass is 35.5. The Kier molecular flexibility index (Phi) is 3.29. The molecule has 0 saturated heterocycles. The molecule has 0 aliphatic carbocycles. The Balaban J connectivity index is 2.93. The molecule has 0 saturated carbocycles. The van der Waals surface area contributed by atoms with E-state index in [-0.39, 0.29) is 6.04 Å². The zero-order valence-corrected chi connectivity index (χ0v) is 7.38. The van der Waals surface area contributed by atoms with E-state index < -0.39 is 0 Å². The van der Waals surface area contributed by atoms with E-state index in [1.165, 1.54) is 0 Å². The van der Waals surface area contributed by atoms with Gasteiger partial charge in [0.05, 0.1) is 6.04 Å². The molecule has 12 heavy (non-hydrogen) atoms. The fourth-order valence-corrected chi connectivity index (χ4v) is 1.20. The minimum absolute atomic E-state index is 0.0382. The molecule has 0 spiro atoms. The molecule has 3 N–H and O–H groups in total. The van der Waals surface area contributed by atoms with Crippen LogP contribution in [0.15, 0.2) is 36.9 Å². The molecule has 0 heterocycles. The summed E-state index contributed by atoms with van der Waals surface area (Å²) in [5, 5.41) is 0.703. The molecule has 0 amide bonds. The van der Waals surface area contributed by atoms with E-state index in [0.717, 1.165) is 5.56 Å². The van der Waals surface area contributed by atoms with E-state index in [1.54, 1.807) is 6.08 Å². The standard InChI is InChI=1S/C9H11ClN2/c1-2-9(12-11)7-4-3-5-8(10)6-7/h2-6,9,12H,1,11H2. The number of hydrogen-bond donors (Lipinski definition) is 2. The van der Waals surface area contributed by atoms with Crippen LogP contribution in [-0.2, 0) is 0 Å². The van der Waals surface area contributed by atoms with Crippen molar-refractivity contribution >= 4 is 11.6 Å². The van der Waals surface area contributed by atoms with Crippen molar-refractivity contribution in [3.05, 3.63) is 47.5 Å². The highest BCUT2D eigenvalue weighted by Crippen LogP contribution is 2.17. The first-order valence-corrected chi connectivity index (χ1v) is 4.00. The molecule has 3 heteroatoms. The Morgan fingerprint density at radius 3 is 2.83 bits per heavy atom. The molecule has 1 unspecified atom stereocenters. The lowest BCUT2D eigenvalue weighted by Gasteiger charge is -2.10. The molecule has 1 rings (SSSR count). The van der Waals surface area contributed by atoms with Crippen LogP contribution >= 0.6 is 11.6 Å². The van der Waals surface area contributed by atoms with Crippen molar-refractivity contribution in [2.45, 2.75) is 6.04 Å². The quantitative estimate of drug-likeness (QED) is 0.427. The first kappa shape index (κ1) is 9.26. The van der Waals surface area contributed by atoms with Gasteiger partial charge in [-0.15, -0.1) is 6.58 Å². The summed E-state index contributed by atoms with van der Waals surface area (Å²) in [7, 11) is 0. The number of benzene rings is 1. The molecular formula is C9H11ClN2. The zero-order valence-electron chi connectivity index (χ0n) is 6.63. The predicted molar refractivity (Wildman–Crippen MR) is 51.7 cm³/mol. The van der Waals surface area contributed by atoms with Crippen molar-refractivity contribution in [1.82, 2.24) is 5.43 Å². The minimum Gasteiger partial charge on any atom is -0.271 e. The van der Waals surface area contributed by atoms with Gasteiger partial charge in [-0.25, -0.2) is 5.43 Å². The Morgan fingerprint density at radius 1 is 1.58 bits per heavy atom. The van der Waals surface area contributed by atoms with Gasteiger partial charge < -0.3 is 0 Å². The third-order valence-electron chi connectivity index (χ3n) is 1.62. The van der Waals surface area contributed by atoms with Crippen LogP contribution in [0.25, 0.3) is 0 Å². The average Bonchev–Trinajstić information content (AvgIpc) is 2.07. The van der Waals surface area contributed by atoms with Crippen LogP contribution in [0.2, 0.25) is 5.02 Å². The zero-order chi connectivity index (χ0) is 8.97. The first-order chi connectivity index (χ1) is 5.77. The monoisotopic (exact) mass is 182 g/mol. The first-order valence-electron chi connectivity index (χ1n) is 3.62. The van der Waals surface area contributed by atoms with Gasteiger partial charge in [-0.05, 0) is 17.7 Å². The van der Waals surface area contributed by atoms with Crippen molar-refractivity contribution in [2.75, 3.05) is 0 Å². The lowest BCUT2D eigenvalue weighted by Crippen LogP contribution is -2.26. The van der Waals surface area contributed by atoms with Gasteiger partial charge in [-0.3, -0.25) is 5.84 Å². The second-order valence-electron chi connectivity index (χ2n) is 2.44. The number of nitrogens with one attached hydrogen (secondary N) is 1. The van der Waals surface area contributed by atoms with Crippen LogP contribution in [0.4, 0.5) is 0 Å². The Labute approximate surface area is 77.0 Å². The Morgan fingerprint density at radius 2 is 2.33 bits per heavy atom. The van der Waals surface area contributed by atoms with Gasteiger partial charge in [-0.1, -0.05) is 29.8 Å². The highest BCUT2D eigenvalue weighted by molar-refractivity contribution is 6.30. The van der Waals surface area contributed by atoms with Crippen LogP contribution in [-0.4, -0.2) is 0 Å². The van der Waals surface area contributed by atoms with Crippen molar-refractivity contribution < 1.29 is 0 Å². The molecule has 2 nitrogen and oxygen atoms in total. The number of hydrogen-bond acceptors (Lipinski definition) is 2. The van der Waals surface area contributed by atoms with E-state index in [0.29, 0.717) is 5.02 Å². The maximum absolute atomic E-state index is 5.80. The lowest BCUT2D eigenvalue weighted by molar-refractivity contribution is 0.657.